The van der Waals surface area contributed by atoms with Gasteiger partial charge in [-0.15, -0.1) is 5.10 Å². The van der Waals surface area contributed by atoms with Crippen molar-refractivity contribution >= 4 is 11.6 Å². The van der Waals surface area contributed by atoms with Crippen LogP contribution in [0.5, 0.6) is 0 Å². The highest BCUT2D eigenvalue weighted by Crippen LogP contribution is 2.22. The largest absolute Gasteiger partial charge is 0.353 e. The third-order valence-corrected chi connectivity index (χ3v) is 3.34. The van der Waals surface area contributed by atoms with Crippen LogP contribution in [-0.2, 0) is 9.63 Å². The minimum atomic E-state index is -0.519. The Morgan fingerprint density at radius 1 is 1.58 bits per heavy atom. The average molecular weight is 328 g/mol. The van der Waals surface area contributed by atoms with Crippen LogP contribution in [0.15, 0.2) is 30.5 Å². The Morgan fingerprint density at radius 3 is 3.08 bits per heavy atom. The molecule has 2 heterocycles. The first kappa shape index (κ1) is 15.6. The van der Waals surface area contributed by atoms with E-state index in [4.69, 9.17) is 10.1 Å². The second kappa shape index (κ2) is 6.47. The molecule has 3 rings (SSSR count). The fourth-order valence-corrected chi connectivity index (χ4v) is 2.19. The van der Waals surface area contributed by atoms with Crippen molar-refractivity contribution in [1.29, 1.82) is 5.26 Å². The summed E-state index contributed by atoms with van der Waals surface area (Å²) in [6.45, 7) is 1.74. The molecule has 9 heteroatoms. The Labute approximate surface area is 136 Å². The molecule has 1 aromatic heterocycles. The number of carbonyl (C=O) groups is 1. The minimum absolute atomic E-state index is 0.104. The zero-order valence-corrected chi connectivity index (χ0v) is 12.7. The Hall–Kier alpha value is -3.25. The quantitative estimate of drug-likeness (QED) is 0.854. The number of halogens is 1. The lowest BCUT2D eigenvalue weighted by molar-refractivity contribution is -0.119. The van der Waals surface area contributed by atoms with Crippen molar-refractivity contribution in [2.24, 2.45) is 0 Å². The second-order valence-electron chi connectivity index (χ2n) is 5.10. The molecule has 1 aliphatic rings. The van der Waals surface area contributed by atoms with Crippen LogP contribution in [0.1, 0.15) is 18.2 Å². The number of nitrogens with one attached hydrogen (secondary N) is 2. The zero-order valence-electron chi connectivity index (χ0n) is 12.7. The van der Waals surface area contributed by atoms with Crippen molar-refractivity contribution in [3.05, 3.63) is 47.5 Å². The van der Waals surface area contributed by atoms with Gasteiger partial charge < -0.3 is 5.32 Å². The normalized spacial score (nSPS) is 16.2. The van der Waals surface area contributed by atoms with Gasteiger partial charge in [0.25, 0.3) is 0 Å². The molecule has 2 aromatic rings. The number of nitriles is 1. The fourth-order valence-electron chi connectivity index (χ4n) is 2.19. The van der Waals surface area contributed by atoms with Gasteiger partial charge in [0.15, 0.2) is 5.69 Å². The van der Waals surface area contributed by atoms with Gasteiger partial charge in [-0.25, -0.2) is 9.07 Å². The summed E-state index contributed by atoms with van der Waals surface area (Å²) < 4.78 is 15.5. The number of nitrogens with zero attached hydrogens (tertiary/aromatic N) is 4. The van der Waals surface area contributed by atoms with Gasteiger partial charge in [0.05, 0.1) is 18.4 Å². The molecule has 0 saturated carbocycles. The Morgan fingerprint density at radius 2 is 2.42 bits per heavy atom. The summed E-state index contributed by atoms with van der Waals surface area (Å²) >= 11 is 0. The number of aromatic nitrogens is 3. The highest BCUT2D eigenvalue weighted by Gasteiger charge is 2.19. The van der Waals surface area contributed by atoms with Crippen molar-refractivity contribution in [1.82, 2.24) is 25.8 Å². The van der Waals surface area contributed by atoms with Crippen molar-refractivity contribution in [2.45, 2.75) is 13.0 Å². The summed E-state index contributed by atoms with van der Waals surface area (Å²) in [5.41, 5.74) is 4.19. The number of amides is 1. The maximum Gasteiger partial charge on any atom is 0.216 e. The molecule has 2 N–H and O–H groups in total. The van der Waals surface area contributed by atoms with Gasteiger partial charge in [0, 0.05) is 12.5 Å². The Balaban J connectivity index is 1.79. The maximum atomic E-state index is 14.3. The van der Waals surface area contributed by atoms with Crippen LogP contribution >= 0.6 is 0 Å². The third-order valence-electron chi connectivity index (χ3n) is 3.34. The summed E-state index contributed by atoms with van der Waals surface area (Å²) in [6.07, 6.45) is 2.77. The van der Waals surface area contributed by atoms with Gasteiger partial charge in [-0.2, -0.15) is 5.26 Å². The smallest absolute Gasteiger partial charge is 0.216 e. The van der Waals surface area contributed by atoms with Gasteiger partial charge in [0.2, 0.25) is 5.91 Å². The van der Waals surface area contributed by atoms with Crippen molar-refractivity contribution in [2.75, 3.05) is 6.54 Å². The standard InChI is InChI=1S/C15H13FN6O2/c1-9(23)18-7-12-5-14(20-24-12)10-2-3-15(13(16)4-10)22-8-11(6-17)19-21-22/h2-5,8,12,20H,7H2,1H3,(H,18,23). The number of rotatable bonds is 4. The van der Waals surface area contributed by atoms with E-state index in [0.29, 0.717) is 17.8 Å². The van der Waals surface area contributed by atoms with Crippen LogP contribution in [0.2, 0.25) is 0 Å². The van der Waals surface area contributed by atoms with E-state index in [0.717, 1.165) is 0 Å². The van der Waals surface area contributed by atoms with Gasteiger partial charge in [0.1, 0.15) is 23.7 Å². The van der Waals surface area contributed by atoms with E-state index in [1.807, 2.05) is 6.07 Å². The molecule has 1 unspecified atom stereocenters. The van der Waals surface area contributed by atoms with Crippen LogP contribution in [0.3, 0.4) is 0 Å². The lowest BCUT2D eigenvalue weighted by atomic mass is 10.1. The fraction of sp³-hybridized carbons (Fsp3) is 0.200. The molecule has 122 valence electrons. The molecule has 0 bridgehead atoms. The predicted molar refractivity (Wildman–Crippen MR) is 80.7 cm³/mol. The number of hydroxylamine groups is 1. The lowest BCUT2D eigenvalue weighted by Gasteiger charge is -2.08. The first-order valence-corrected chi connectivity index (χ1v) is 7.07. The summed E-state index contributed by atoms with van der Waals surface area (Å²) in [5, 5.41) is 18.7. The third kappa shape index (κ3) is 3.23. The van der Waals surface area contributed by atoms with E-state index < -0.39 is 5.82 Å². The van der Waals surface area contributed by atoms with Crippen LogP contribution in [0.25, 0.3) is 11.4 Å². The molecular formula is C15H13FN6O2. The summed E-state index contributed by atoms with van der Waals surface area (Å²) in [5.74, 6) is -0.671. The van der Waals surface area contributed by atoms with E-state index in [2.05, 4.69) is 21.1 Å². The molecule has 1 amide bonds. The molecule has 8 nitrogen and oxygen atoms in total. The number of hydrogen-bond donors (Lipinski definition) is 2. The zero-order chi connectivity index (χ0) is 17.1. The molecule has 0 radical (unpaired) electrons. The molecule has 0 aliphatic carbocycles. The molecule has 1 aliphatic heterocycles. The highest BCUT2D eigenvalue weighted by molar-refractivity contribution is 5.73. The molecule has 1 atom stereocenters. The second-order valence-corrected chi connectivity index (χ2v) is 5.10. The molecule has 24 heavy (non-hydrogen) atoms. The first-order chi connectivity index (χ1) is 11.6. The van der Waals surface area contributed by atoms with Crippen LogP contribution in [-0.4, -0.2) is 33.5 Å². The highest BCUT2D eigenvalue weighted by atomic mass is 19.1. The van der Waals surface area contributed by atoms with E-state index in [9.17, 15) is 9.18 Å². The van der Waals surface area contributed by atoms with Crippen LogP contribution in [0.4, 0.5) is 4.39 Å². The summed E-state index contributed by atoms with van der Waals surface area (Å²) in [7, 11) is 0. The van der Waals surface area contributed by atoms with Crippen molar-refractivity contribution in [3.63, 3.8) is 0 Å². The summed E-state index contributed by atoms with van der Waals surface area (Å²) in [4.78, 5) is 16.2. The van der Waals surface area contributed by atoms with E-state index in [1.54, 1.807) is 12.1 Å². The number of carbonyl (C=O) groups excluding carboxylic acids is 1. The van der Waals surface area contributed by atoms with Gasteiger partial charge >= 0.3 is 0 Å². The van der Waals surface area contributed by atoms with Crippen molar-refractivity contribution < 1.29 is 14.0 Å². The summed E-state index contributed by atoms with van der Waals surface area (Å²) in [6, 6.07) is 6.38. The average Bonchev–Trinajstić information content (AvgIpc) is 3.22. The number of hydrogen-bond acceptors (Lipinski definition) is 6. The molecule has 0 fully saturated rings. The van der Waals surface area contributed by atoms with Crippen LogP contribution < -0.4 is 10.8 Å². The van der Waals surface area contributed by atoms with Crippen LogP contribution in [0, 0.1) is 17.1 Å². The monoisotopic (exact) mass is 328 g/mol. The van der Waals surface area contributed by atoms with E-state index >= 15 is 0 Å². The maximum absolute atomic E-state index is 14.3. The molecule has 0 spiro atoms. The number of benzene rings is 1. The topological polar surface area (TPSA) is 105 Å². The molecule has 0 saturated heterocycles. The van der Waals surface area contributed by atoms with E-state index in [1.165, 1.54) is 29.9 Å². The van der Waals surface area contributed by atoms with Gasteiger partial charge in [-0.3, -0.25) is 15.1 Å². The SMILES string of the molecule is CC(=O)NCC1C=C(c2ccc(-n3cc(C#N)nn3)c(F)c2)NO1. The van der Waals surface area contributed by atoms with Gasteiger partial charge in [-0.05, 0) is 18.2 Å². The van der Waals surface area contributed by atoms with Gasteiger partial charge in [-0.1, -0.05) is 11.3 Å². The lowest BCUT2D eigenvalue weighted by Crippen LogP contribution is -2.30. The molecule has 1 aromatic carbocycles. The first-order valence-electron chi connectivity index (χ1n) is 7.07. The Kier molecular flexibility index (Phi) is 4.22. The predicted octanol–water partition coefficient (Wildman–Crippen LogP) is 0.658. The molecular weight excluding hydrogens is 315 g/mol. The van der Waals surface area contributed by atoms with E-state index in [-0.39, 0.29) is 23.4 Å². The minimum Gasteiger partial charge on any atom is -0.353 e. The van der Waals surface area contributed by atoms with Crippen molar-refractivity contribution in [3.8, 4) is 11.8 Å². The Bertz CT molecular complexity index is 854.